The monoisotopic (exact) mass is 267 g/mol. The van der Waals surface area contributed by atoms with E-state index >= 15 is 0 Å². The minimum atomic E-state index is 0. The zero-order chi connectivity index (χ0) is 0. The molecule has 0 rings (SSSR count). The van der Waals surface area contributed by atoms with Gasteiger partial charge in [-0.1, -0.05) is 0 Å². The third-order valence-electron chi connectivity index (χ3n) is 0. The molecule has 0 fully saturated rings. The Morgan fingerprint density at radius 3 is 1.00 bits per heavy atom. The average molecular weight is 267 g/mol. The molecule has 0 saturated heterocycles. The maximum atomic E-state index is 0. The van der Waals surface area contributed by atoms with E-state index < -0.39 is 0 Å². The van der Waals surface area contributed by atoms with Gasteiger partial charge in [-0.15, -0.1) is 0 Å². The van der Waals surface area contributed by atoms with E-state index in [0.29, 0.717) is 0 Å². The molecule has 0 aliphatic rings. The van der Waals surface area contributed by atoms with Gasteiger partial charge in [0, 0.05) is 109 Å². The van der Waals surface area contributed by atoms with Crippen LogP contribution in [0.4, 0.5) is 0 Å². The van der Waals surface area contributed by atoms with Crippen molar-refractivity contribution in [1.82, 2.24) is 0 Å². The van der Waals surface area contributed by atoms with Gasteiger partial charge in [0.2, 0.25) is 0 Å². The largest absolute Gasteiger partial charge is 0 e. The normalized spacial score (nSPS) is 0. The Labute approximate surface area is 106 Å². The molecule has 0 spiro atoms. The van der Waals surface area contributed by atoms with Gasteiger partial charge < -0.3 is 0 Å². The van der Waals surface area contributed by atoms with Crippen LogP contribution in [0.3, 0.4) is 0 Å². The molecule has 0 amide bonds. The van der Waals surface area contributed by atoms with Gasteiger partial charge in [-0.05, 0) is 0 Å². The van der Waals surface area contributed by atoms with Gasteiger partial charge in [-0.3, -0.25) is 0 Å². The van der Waals surface area contributed by atoms with Gasteiger partial charge >= 0.3 is 0 Å². The molecule has 0 aromatic heterocycles. The predicted molar refractivity (Wildman–Crippen MR) is 17.3 cm³/mol. The van der Waals surface area contributed by atoms with E-state index in [1.165, 1.54) is 0 Å². The van der Waals surface area contributed by atoms with Crippen LogP contribution in [-0.4, -0.2) is 71.8 Å². The van der Waals surface area contributed by atoms with Crippen molar-refractivity contribution in [2.75, 3.05) is 0 Å². The molecule has 0 bridgehead atoms. The van der Waals surface area contributed by atoms with Crippen molar-refractivity contribution in [3.05, 3.63) is 0 Å². The zero-order valence-corrected chi connectivity index (χ0v) is 8.45. The second kappa shape index (κ2) is 16.1. The van der Waals surface area contributed by atoms with Crippen molar-refractivity contribution in [1.29, 1.82) is 0 Å². The molecule has 0 nitrogen and oxygen atoms in total. The van der Waals surface area contributed by atoms with E-state index in [4.69, 9.17) is 0 Å². The molecular formula is CaLuMgSi. The summed E-state index contributed by atoms with van der Waals surface area (Å²) in [4.78, 5) is 0. The quantitative estimate of drug-likeness (QED) is 0.487. The molecular weight excluding hydrogens is 267 g/mol. The Bertz CT molecular complexity index is 8.00. The van der Waals surface area contributed by atoms with Gasteiger partial charge in [0.15, 0.2) is 0 Å². The molecule has 0 heterocycles. The fourth-order valence-electron chi connectivity index (χ4n) is 0. The summed E-state index contributed by atoms with van der Waals surface area (Å²) in [7, 11) is 0. The van der Waals surface area contributed by atoms with E-state index in [-0.39, 0.29) is 109 Å². The van der Waals surface area contributed by atoms with Gasteiger partial charge in [0.05, 0.1) is 0 Å². The number of hydrogen-bond acceptors (Lipinski definition) is 0. The fourth-order valence-corrected chi connectivity index (χ4v) is 0. The van der Waals surface area contributed by atoms with Crippen LogP contribution in [0.15, 0.2) is 0 Å². The Kier molecular flexibility index (Phi) is 104. The van der Waals surface area contributed by atoms with Crippen LogP contribution in [0.2, 0.25) is 0 Å². The summed E-state index contributed by atoms with van der Waals surface area (Å²) in [5.74, 6) is 0. The van der Waals surface area contributed by atoms with Crippen LogP contribution in [0.25, 0.3) is 0 Å². The first-order chi connectivity index (χ1) is 0. The Morgan fingerprint density at radius 1 is 1.00 bits per heavy atom. The molecule has 0 saturated carbocycles. The van der Waals surface area contributed by atoms with Crippen LogP contribution in [0.1, 0.15) is 0 Å². The summed E-state index contributed by atoms with van der Waals surface area (Å²) >= 11 is 0. The molecule has 4 heteroatoms. The number of rotatable bonds is 0. The molecule has 0 unspecified atom stereocenters. The van der Waals surface area contributed by atoms with Gasteiger partial charge in [0.25, 0.3) is 0 Å². The minimum absolute atomic E-state index is 0. The van der Waals surface area contributed by atoms with Crippen LogP contribution >= 0.6 is 0 Å². The Morgan fingerprint density at radius 2 is 1.00 bits per heavy atom. The molecule has 4 heavy (non-hydrogen) atoms. The van der Waals surface area contributed by atoms with Crippen molar-refractivity contribution in [3.63, 3.8) is 0 Å². The zero-order valence-electron chi connectivity index (χ0n) is 2.17. The first-order valence-electron chi connectivity index (χ1n) is 0. The van der Waals surface area contributed by atoms with E-state index in [1.807, 2.05) is 0 Å². The van der Waals surface area contributed by atoms with Crippen LogP contribution < -0.4 is 0 Å². The summed E-state index contributed by atoms with van der Waals surface area (Å²) in [5, 5.41) is 0. The van der Waals surface area contributed by atoms with E-state index in [9.17, 15) is 0 Å². The number of hydrogen-bond donors (Lipinski definition) is 0. The average Bonchev–Trinajstić information content (AvgIpc) is 0. The third-order valence-corrected chi connectivity index (χ3v) is 0. The molecule has 0 aromatic carbocycles. The molecule has 0 N–H and O–H groups in total. The van der Waals surface area contributed by atoms with E-state index in [2.05, 4.69) is 0 Å². The minimum Gasteiger partial charge on any atom is 0 e. The molecule has 0 aliphatic carbocycles. The molecule has 23 valence electrons. The van der Waals surface area contributed by atoms with Crippen molar-refractivity contribution >= 4 is 71.8 Å². The summed E-state index contributed by atoms with van der Waals surface area (Å²) in [6.45, 7) is 0. The van der Waals surface area contributed by atoms with E-state index in [1.54, 1.807) is 0 Å². The molecule has 0 atom stereocenters. The van der Waals surface area contributed by atoms with E-state index in [0.717, 1.165) is 0 Å². The van der Waals surface area contributed by atoms with Crippen LogP contribution in [0, 0.1) is 36.9 Å². The first kappa shape index (κ1) is 25.9. The molecule has 0 aromatic rings. The fraction of sp³-hybridized carbons (Fsp3) is 0. The predicted octanol–water partition coefficient (Wildman–Crippen LogP) is -1.14. The van der Waals surface area contributed by atoms with Crippen molar-refractivity contribution in [3.8, 4) is 0 Å². The van der Waals surface area contributed by atoms with Gasteiger partial charge in [-0.2, -0.15) is 0 Å². The summed E-state index contributed by atoms with van der Waals surface area (Å²) in [6.07, 6.45) is 0. The van der Waals surface area contributed by atoms with Crippen LogP contribution in [-0.2, 0) is 0 Å². The van der Waals surface area contributed by atoms with Crippen LogP contribution in [0.5, 0.6) is 0 Å². The standard InChI is InChI=1S/Ca.Lu.Mg.Si. The van der Waals surface area contributed by atoms with Gasteiger partial charge in [0.1, 0.15) is 0 Å². The third kappa shape index (κ3) is 9.08. The summed E-state index contributed by atoms with van der Waals surface area (Å²) in [6, 6.07) is 0. The molecule has 9 radical (unpaired) electrons. The Hall–Kier alpha value is 3.48. The summed E-state index contributed by atoms with van der Waals surface area (Å²) in [5.41, 5.74) is 0. The molecule has 0 aliphatic heterocycles. The second-order valence-corrected chi connectivity index (χ2v) is 0. The van der Waals surface area contributed by atoms with Crippen molar-refractivity contribution < 1.29 is 36.9 Å². The maximum Gasteiger partial charge on any atom is 0 e. The maximum absolute atomic E-state index is 0. The smallest absolute Gasteiger partial charge is 0 e. The first-order valence-corrected chi connectivity index (χ1v) is 0. The SMILES string of the molecule is [Ca].[Lu].[Mg].[Si]. The van der Waals surface area contributed by atoms with Gasteiger partial charge in [-0.25, -0.2) is 0 Å². The summed E-state index contributed by atoms with van der Waals surface area (Å²) < 4.78 is 0. The van der Waals surface area contributed by atoms with Crippen molar-refractivity contribution in [2.24, 2.45) is 0 Å². The van der Waals surface area contributed by atoms with Crippen molar-refractivity contribution in [2.45, 2.75) is 0 Å². The second-order valence-electron chi connectivity index (χ2n) is 0. The Balaban J connectivity index is 0. The topological polar surface area (TPSA) is 0 Å².